The van der Waals surface area contributed by atoms with Gasteiger partial charge in [-0.1, -0.05) is 25.3 Å². The monoisotopic (exact) mass is 349 g/mol. The average Bonchev–Trinajstić information content (AvgIpc) is 3.16. The van der Waals surface area contributed by atoms with Gasteiger partial charge in [0, 0.05) is 32.2 Å². The van der Waals surface area contributed by atoms with Gasteiger partial charge in [0.25, 0.3) is 5.91 Å². The Hall–Kier alpha value is -1.40. The first-order valence-corrected chi connectivity index (χ1v) is 9.90. The molecule has 2 aliphatic rings. The molecule has 1 atom stereocenters. The lowest BCUT2D eigenvalue weighted by Gasteiger charge is -2.37. The molecule has 1 aromatic rings. The second-order valence-corrected chi connectivity index (χ2v) is 7.77. The van der Waals surface area contributed by atoms with Crippen LogP contribution in [0.15, 0.2) is 17.5 Å². The lowest BCUT2D eigenvalue weighted by Crippen LogP contribution is -2.56. The van der Waals surface area contributed by atoms with Crippen molar-refractivity contribution in [2.24, 2.45) is 0 Å². The number of thiophene rings is 1. The van der Waals surface area contributed by atoms with E-state index in [-0.39, 0.29) is 17.9 Å². The number of carbonyl (C=O) groups is 2. The summed E-state index contributed by atoms with van der Waals surface area (Å²) in [4.78, 5) is 29.7. The number of nitrogens with zero attached hydrogens (tertiary/aromatic N) is 2. The number of carbonyl (C=O) groups excluding carboxylic acids is 2. The molecule has 0 radical (unpaired) electrons. The summed E-state index contributed by atoms with van der Waals surface area (Å²) in [5.41, 5.74) is 0. The predicted octanol–water partition coefficient (Wildman–Crippen LogP) is 2.34. The summed E-state index contributed by atoms with van der Waals surface area (Å²) in [6, 6.07) is 4.02. The van der Waals surface area contributed by atoms with Crippen LogP contribution in [-0.2, 0) is 4.79 Å². The van der Waals surface area contributed by atoms with Crippen LogP contribution in [0.1, 0.15) is 48.7 Å². The first-order chi connectivity index (χ1) is 11.6. The first kappa shape index (κ1) is 17.4. The van der Waals surface area contributed by atoms with E-state index in [1.807, 2.05) is 29.3 Å². The zero-order valence-corrected chi connectivity index (χ0v) is 15.2. The molecule has 2 fully saturated rings. The van der Waals surface area contributed by atoms with E-state index in [1.165, 1.54) is 30.6 Å². The Balaban J connectivity index is 1.46. The van der Waals surface area contributed by atoms with Crippen molar-refractivity contribution in [3.8, 4) is 0 Å². The van der Waals surface area contributed by atoms with E-state index in [0.717, 1.165) is 30.8 Å². The number of hydrogen-bond donors (Lipinski definition) is 1. The summed E-state index contributed by atoms with van der Waals surface area (Å²) in [6.07, 6.45) is 5.97. The van der Waals surface area contributed by atoms with E-state index < -0.39 is 0 Å². The minimum atomic E-state index is -0.120. The van der Waals surface area contributed by atoms with Gasteiger partial charge in [0.15, 0.2) is 0 Å². The maximum Gasteiger partial charge on any atom is 0.264 e. The van der Waals surface area contributed by atoms with Crippen molar-refractivity contribution in [1.29, 1.82) is 0 Å². The first-order valence-electron chi connectivity index (χ1n) is 9.02. The summed E-state index contributed by atoms with van der Waals surface area (Å²) in [5.74, 6) is 0.254. The maximum absolute atomic E-state index is 12.5. The van der Waals surface area contributed by atoms with E-state index in [0.29, 0.717) is 19.1 Å². The highest BCUT2D eigenvalue weighted by Gasteiger charge is 2.29. The number of amides is 2. The molecule has 0 spiro atoms. The maximum atomic E-state index is 12.5. The van der Waals surface area contributed by atoms with Gasteiger partial charge in [0.1, 0.15) is 0 Å². The second-order valence-electron chi connectivity index (χ2n) is 6.82. The quantitative estimate of drug-likeness (QED) is 0.908. The summed E-state index contributed by atoms with van der Waals surface area (Å²) in [5, 5.41) is 5.14. The molecule has 0 bridgehead atoms. The third-order valence-corrected chi connectivity index (χ3v) is 6.07. The van der Waals surface area contributed by atoms with Crippen molar-refractivity contribution in [3.63, 3.8) is 0 Å². The molecule has 1 saturated carbocycles. The Morgan fingerprint density at radius 2 is 1.88 bits per heavy atom. The van der Waals surface area contributed by atoms with Crippen LogP contribution in [-0.4, -0.2) is 59.9 Å². The normalized spacial score (nSPS) is 21.5. The van der Waals surface area contributed by atoms with E-state index in [9.17, 15) is 9.59 Å². The zero-order valence-electron chi connectivity index (χ0n) is 14.4. The van der Waals surface area contributed by atoms with Gasteiger partial charge in [-0.25, -0.2) is 0 Å². The fourth-order valence-corrected chi connectivity index (χ4v) is 4.29. The third kappa shape index (κ3) is 4.16. The Morgan fingerprint density at radius 3 is 2.50 bits per heavy atom. The lowest BCUT2D eigenvalue weighted by molar-refractivity contribution is -0.127. The fourth-order valence-electron chi connectivity index (χ4n) is 3.60. The average molecular weight is 350 g/mol. The topological polar surface area (TPSA) is 52.7 Å². The molecular weight excluding hydrogens is 322 g/mol. The van der Waals surface area contributed by atoms with Gasteiger partial charge in [0.2, 0.25) is 5.91 Å². The summed E-state index contributed by atoms with van der Waals surface area (Å²) >= 11 is 1.49. The number of hydrogen-bond acceptors (Lipinski definition) is 4. The van der Waals surface area contributed by atoms with Crippen LogP contribution in [0, 0.1) is 0 Å². The molecule has 2 amide bonds. The molecule has 24 heavy (non-hydrogen) atoms. The molecule has 1 aliphatic heterocycles. The molecule has 5 nitrogen and oxygen atoms in total. The van der Waals surface area contributed by atoms with Gasteiger partial charge < -0.3 is 10.2 Å². The molecule has 1 unspecified atom stereocenters. The van der Waals surface area contributed by atoms with Crippen LogP contribution in [0.5, 0.6) is 0 Å². The number of rotatable bonds is 4. The smallest absolute Gasteiger partial charge is 0.264 e. The summed E-state index contributed by atoms with van der Waals surface area (Å²) in [6.45, 7) is 4.89. The van der Waals surface area contributed by atoms with E-state index >= 15 is 0 Å². The standard InChI is InChI=1S/C18H27N3O2S/c1-14(17(22)19-15-6-3-2-4-7-15)20-9-11-21(12-10-20)18(23)16-8-5-13-24-16/h5,8,13-15H,2-4,6-7,9-12H2,1H3,(H,19,22). The van der Waals surface area contributed by atoms with Crippen molar-refractivity contribution >= 4 is 23.2 Å². The molecule has 2 heterocycles. The molecule has 0 aromatic carbocycles. The molecule has 1 aromatic heterocycles. The zero-order chi connectivity index (χ0) is 16.9. The molecule has 1 N–H and O–H groups in total. The Labute approximate surface area is 148 Å². The van der Waals surface area contributed by atoms with Crippen LogP contribution in [0.4, 0.5) is 0 Å². The highest BCUT2D eigenvalue weighted by atomic mass is 32.1. The number of nitrogens with one attached hydrogen (secondary N) is 1. The summed E-state index contributed by atoms with van der Waals surface area (Å²) < 4.78 is 0. The van der Waals surface area contributed by atoms with Crippen molar-refractivity contribution in [3.05, 3.63) is 22.4 Å². The Bertz CT molecular complexity index is 547. The molecule has 1 aliphatic carbocycles. The fraction of sp³-hybridized carbons (Fsp3) is 0.667. The van der Waals surface area contributed by atoms with Crippen molar-refractivity contribution in [1.82, 2.24) is 15.1 Å². The summed E-state index contributed by atoms with van der Waals surface area (Å²) in [7, 11) is 0. The van der Waals surface area contributed by atoms with E-state index in [1.54, 1.807) is 0 Å². The lowest BCUT2D eigenvalue weighted by atomic mass is 9.95. The van der Waals surface area contributed by atoms with Gasteiger partial charge in [-0.2, -0.15) is 0 Å². The molecule has 3 rings (SSSR count). The molecular formula is C18H27N3O2S. The van der Waals surface area contributed by atoms with E-state index in [4.69, 9.17) is 0 Å². The van der Waals surface area contributed by atoms with Crippen LogP contribution < -0.4 is 5.32 Å². The van der Waals surface area contributed by atoms with Gasteiger partial charge in [-0.05, 0) is 31.2 Å². The van der Waals surface area contributed by atoms with Gasteiger partial charge in [-0.15, -0.1) is 11.3 Å². The van der Waals surface area contributed by atoms with Crippen LogP contribution in [0.25, 0.3) is 0 Å². The minimum Gasteiger partial charge on any atom is -0.352 e. The third-order valence-electron chi connectivity index (χ3n) is 5.21. The minimum absolute atomic E-state index is 0.115. The van der Waals surface area contributed by atoms with Crippen LogP contribution in [0.3, 0.4) is 0 Å². The van der Waals surface area contributed by atoms with Crippen molar-refractivity contribution in [2.45, 2.75) is 51.1 Å². The van der Waals surface area contributed by atoms with Gasteiger partial charge in [0.05, 0.1) is 10.9 Å². The molecule has 6 heteroatoms. The largest absolute Gasteiger partial charge is 0.352 e. The van der Waals surface area contributed by atoms with E-state index in [2.05, 4.69) is 10.2 Å². The SMILES string of the molecule is CC(C(=O)NC1CCCCC1)N1CCN(C(=O)c2cccs2)CC1. The van der Waals surface area contributed by atoms with Crippen molar-refractivity contribution in [2.75, 3.05) is 26.2 Å². The molecule has 132 valence electrons. The highest BCUT2D eigenvalue weighted by molar-refractivity contribution is 7.12. The van der Waals surface area contributed by atoms with Crippen LogP contribution in [0.2, 0.25) is 0 Å². The van der Waals surface area contributed by atoms with Gasteiger partial charge in [-0.3, -0.25) is 14.5 Å². The Kier molecular flexibility index (Phi) is 5.89. The van der Waals surface area contributed by atoms with Crippen molar-refractivity contribution < 1.29 is 9.59 Å². The van der Waals surface area contributed by atoms with Gasteiger partial charge >= 0.3 is 0 Å². The predicted molar refractivity (Wildman–Crippen MR) is 96.3 cm³/mol. The Morgan fingerprint density at radius 1 is 1.17 bits per heavy atom. The highest BCUT2D eigenvalue weighted by Crippen LogP contribution is 2.18. The second kappa shape index (κ2) is 8.12. The van der Waals surface area contributed by atoms with Crippen LogP contribution >= 0.6 is 11.3 Å². The number of piperazine rings is 1. The molecule has 1 saturated heterocycles.